The minimum atomic E-state index is -3.33. The minimum Gasteiger partial charge on any atom is -0.351 e. The molecule has 2 heterocycles. The molecule has 6 nitrogen and oxygen atoms in total. The molecule has 1 aromatic rings. The fourth-order valence-electron chi connectivity index (χ4n) is 3.41. The lowest BCUT2D eigenvalue weighted by atomic mass is 10.1. The predicted octanol–water partition coefficient (Wildman–Crippen LogP) is 0.906. The Hall–Kier alpha value is -1.51. The third-order valence-corrected chi connectivity index (χ3v) is 7.23. The average molecular weight is 369 g/mol. The van der Waals surface area contributed by atoms with Crippen LogP contribution in [0.3, 0.4) is 0 Å². The molecule has 0 saturated carbocycles. The molecule has 0 aliphatic carbocycles. The second-order valence-electron chi connectivity index (χ2n) is 6.77. The molecule has 2 unspecified atom stereocenters. The summed E-state index contributed by atoms with van der Waals surface area (Å²) in [6.45, 7) is 3.43. The van der Waals surface area contributed by atoms with Crippen molar-refractivity contribution in [2.75, 3.05) is 19.6 Å². The van der Waals surface area contributed by atoms with Crippen molar-refractivity contribution in [3.05, 3.63) is 35.1 Å². The fraction of sp³-hybridized carbons (Fsp3) is 0.588. The third-order valence-electron chi connectivity index (χ3n) is 4.94. The van der Waals surface area contributed by atoms with Gasteiger partial charge >= 0.3 is 0 Å². The quantitative estimate of drug-likeness (QED) is 0.809. The number of hydrogen-bond donors (Lipinski definition) is 2. The van der Waals surface area contributed by atoms with Gasteiger partial charge in [0.1, 0.15) is 5.82 Å². The van der Waals surface area contributed by atoms with E-state index in [9.17, 15) is 17.6 Å². The standard InChI is InChI=1S/C17H24FN3O3S/c1-12-8-13(4-5-15(12)18)10-20-17(22)16-9-14(11-19-16)25(23,24)21-6-2-3-7-21/h4-5,8,14,16,19H,2-3,6-7,9-11H2,1H3,(H,20,22). The molecule has 0 spiro atoms. The van der Waals surface area contributed by atoms with Crippen molar-refractivity contribution < 1.29 is 17.6 Å². The van der Waals surface area contributed by atoms with Crippen LogP contribution < -0.4 is 10.6 Å². The third kappa shape index (κ3) is 4.02. The predicted molar refractivity (Wildman–Crippen MR) is 92.9 cm³/mol. The molecule has 2 N–H and O–H groups in total. The molecule has 0 aromatic heterocycles. The van der Waals surface area contributed by atoms with Crippen LogP contribution in [0.5, 0.6) is 0 Å². The number of amides is 1. The van der Waals surface area contributed by atoms with E-state index >= 15 is 0 Å². The molecule has 138 valence electrons. The van der Waals surface area contributed by atoms with Crippen LogP contribution in [0.25, 0.3) is 0 Å². The zero-order valence-electron chi connectivity index (χ0n) is 14.3. The number of aryl methyl sites for hydroxylation is 1. The summed E-state index contributed by atoms with van der Waals surface area (Å²) in [4.78, 5) is 12.3. The molecule has 8 heteroatoms. The molecule has 3 rings (SSSR count). The molecule has 1 aromatic carbocycles. The van der Waals surface area contributed by atoms with Gasteiger partial charge in [-0.3, -0.25) is 4.79 Å². The first-order valence-electron chi connectivity index (χ1n) is 8.63. The van der Waals surface area contributed by atoms with Crippen LogP contribution in [0, 0.1) is 12.7 Å². The number of carbonyl (C=O) groups is 1. The number of hydrogen-bond acceptors (Lipinski definition) is 4. The van der Waals surface area contributed by atoms with Crippen LogP contribution >= 0.6 is 0 Å². The van der Waals surface area contributed by atoms with Crippen molar-refractivity contribution in [2.45, 2.75) is 44.0 Å². The topological polar surface area (TPSA) is 78.5 Å². The van der Waals surface area contributed by atoms with E-state index in [2.05, 4.69) is 10.6 Å². The normalized spacial score (nSPS) is 24.6. The van der Waals surface area contributed by atoms with Crippen LogP contribution in [0.4, 0.5) is 4.39 Å². The summed E-state index contributed by atoms with van der Waals surface area (Å²) in [5.41, 5.74) is 1.34. The highest BCUT2D eigenvalue weighted by Gasteiger charge is 2.40. The zero-order chi connectivity index (χ0) is 18.0. The van der Waals surface area contributed by atoms with Crippen molar-refractivity contribution in [2.24, 2.45) is 0 Å². The van der Waals surface area contributed by atoms with E-state index in [4.69, 9.17) is 0 Å². The maximum atomic E-state index is 13.3. The van der Waals surface area contributed by atoms with Crippen molar-refractivity contribution in [1.29, 1.82) is 0 Å². The van der Waals surface area contributed by atoms with Gasteiger partial charge in [-0.25, -0.2) is 17.1 Å². The van der Waals surface area contributed by atoms with E-state index < -0.39 is 21.3 Å². The number of nitrogens with one attached hydrogen (secondary N) is 2. The second-order valence-corrected chi connectivity index (χ2v) is 8.98. The van der Waals surface area contributed by atoms with E-state index in [-0.39, 0.29) is 18.1 Å². The lowest BCUT2D eigenvalue weighted by Gasteiger charge is -2.20. The first-order valence-corrected chi connectivity index (χ1v) is 10.1. The molecule has 1 amide bonds. The molecule has 2 fully saturated rings. The second kappa shape index (κ2) is 7.39. The maximum Gasteiger partial charge on any atom is 0.237 e. The Balaban J connectivity index is 1.54. The molecule has 2 saturated heterocycles. The molecule has 2 aliphatic heterocycles. The van der Waals surface area contributed by atoms with Crippen molar-refractivity contribution in [1.82, 2.24) is 14.9 Å². The SMILES string of the molecule is Cc1cc(CNC(=O)C2CC(S(=O)(=O)N3CCCC3)CN2)ccc1F. The lowest BCUT2D eigenvalue weighted by Crippen LogP contribution is -2.40. The van der Waals surface area contributed by atoms with Gasteiger partial charge in [0.2, 0.25) is 15.9 Å². The van der Waals surface area contributed by atoms with Gasteiger partial charge in [-0.15, -0.1) is 0 Å². The Morgan fingerprint density at radius 3 is 2.76 bits per heavy atom. The average Bonchev–Trinajstić information content (AvgIpc) is 3.27. The molecule has 2 aliphatic rings. The number of nitrogens with zero attached hydrogens (tertiary/aromatic N) is 1. The first-order chi connectivity index (χ1) is 11.9. The Kier molecular flexibility index (Phi) is 5.41. The number of carbonyl (C=O) groups excluding carboxylic acids is 1. The summed E-state index contributed by atoms with van der Waals surface area (Å²) in [5, 5.41) is 5.26. The van der Waals surface area contributed by atoms with Crippen molar-refractivity contribution >= 4 is 15.9 Å². The molecular weight excluding hydrogens is 345 g/mol. The first kappa shape index (κ1) is 18.3. The summed E-state index contributed by atoms with van der Waals surface area (Å²) in [6.07, 6.45) is 2.09. The van der Waals surface area contributed by atoms with Crippen LogP contribution in [-0.4, -0.2) is 49.6 Å². The highest BCUT2D eigenvalue weighted by Crippen LogP contribution is 2.22. The number of halogens is 1. The smallest absolute Gasteiger partial charge is 0.237 e. The highest BCUT2D eigenvalue weighted by atomic mass is 32.2. The summed E-state index contributed by atoms with van der Waals surface area (Å²) in [7, 11) is -3.33. The summed E-state index contributed by atoms with van der Waals surface area (Å²) < 4.78 is 40.0. The Labute approximate surface area is 147 Å². The highest BCUT2D eigenvalue weighted by molar-refractivity contribution is 7.89. The van der Waals surface area contributed by atoms with Gasteiger partial charge in [-0.05, 0) is 43.4 Å². The molecule has 0 radical (unpaired) electrons. The number of benzene rings is 1. The van der Waals surface area contributed by atoms with Gasteiger partial charge in [0.25, 0.3) is 0 Å². The Bertz CT molecular complexity index is 748. The van der Waals surface area contributed by atoms with Crippen LogP contribution in [0.1, 0.15) is 30.4 Å². The van der Waals surface area contributed by atoms with Gasteiger partial charge in [-0.1, -0.05) is 12.1 Å². The van der Waals surface area contributed by atoms with Crippen LogP contribution in [-0.2, 0) is 21.4 Å². The van der Waals surface area contributed by atoms with Crippen LogP contribution in [0.2, 0.25) is 0 Å². The number of rotatable bonds is 5. The maximum absolute atomic E-state index is 13.3. The van der Waals surface area contributed by atoms with E-state index in [0.29, 0.717) is 31.7 Å². The van der Waals surface area contributed by atoms with E-state index in [1.807, 2.05) is 0 Å². The van der Waals surface area contributed by atoms with E-state index in [1.54, 1.807) is 23.4 Å². The largest absolute Gasteiger partial charge is 0.351 e. The van der Waals surface area contributed by atoms with Gasteiger partial charge in [0.15, 0.2) is 0 Å². The van der Waals surface area contributed by atoms with Gasteiger partial charge in [0, 0.05) is 26.2 Å². The van der Waals surface area contributed by atoms with Gasteiger partial charge in [-0.2, -0.15) is 0 Å². The Morgan fingerprint density at radius 2 is 2.08 bits per heavy atom. The number of sulfonamides is 1. The lowest BCUT2D eigenvalue weighted by molar-refractivity contribution is -0.122. The molecular formula is C17H24FN3O3S. The monoisotopic (exact) mass is 369 g/mol. The zero-order valence-corrected chi connectivity index (χ0v) is 15.1. The van der Waals surface area contributed by atoms with E-state index in [0.717, 1.165) is 18.4 Å². The summed E-state index contributed by atoms with van der Waals surface area (Å²) in [5.74, 6) is -0.497. The molecule has 2 atom stereocenters. The van der Waals surface area contributed by atoms with E-state index in [1.165, 1.54) is 6.07 Å². The Morgan fingerprint density at radius 1 is 1.36 bits per heavy atom. The van der Waals surface area contributed by atoms with Crippen molar-refractivity contribution in [3.8, 4) is 0 Å². The summed E-state index contributed by atoms with van der Waals surface area (Å²) in [6, 6.07) is 4.19. The minimum absolute atomic E-state index is 0.221. The van der Waals surface area contributed by atoms with Crippen LogP contribution in [0.15, 0.2) is 18.2 Å². The summed E-state index contributed by atoms with van der Waals surface area (Å²) >= 11 is 0. The van der Waals surface area contributed by atoms with Crippen molar-refractivity contribution in [3.63, 3.8) is 0 Å². The van der Waals surface area contributed by atoms with Gasteiger partial charge < -0.3 is 10.6 Å². The molecule has 0 bridgehead atoms. The van der Waals surface area contributed by atoms with Gasteiger partial charge in [0.05, 0.1) is 11.3 Å². The molecule has 25 heavy (non-hydrogen) atoms. The fourth-order valence-corrected chi connectivity index (χ4v) is 5.34.